The standard InChI is InChI=1S/C13H18Cl2N2/c1-9-4-3-5-10(2)17(9)8-11-6-7-12(14)16-13(11)15/h6-7,9-10H,3-5,8H2,1-2H3/t9-,10+. The summed E-state index contributed by atoms with van der Waals surface area (Å²) in [5.74, 6) is 0. The van der Waals surface area contributed by atoms with Crippen molar-refractivity contribution in [3.63, 3.8) is 0 Å². The molecule has 2 rings (SSSR count). The van der Waals surface area contributed by atoms with Crippen molar-refractivity contribution in [3.8, 4) is 0 Å². The molecule has 1 aromatic rings. The maximum absolute atomic E-state index is 6.12. The first-order valence-electron chi connectivity index (χ1n) is 6.14. The second-order valence-electron chi connectivity index (χ2n) is 4.89. The Morgan fingerprint density at radius 1 is 1.24 bits per heavy atom. The van der Waals surface area contributed by atoms with Gasteiger partial charge in [0.1, 0.15) is 10.3 Å². The number of hydrogen-bond acceptors (Lipinski definition) is 2. The van der Waals surface area contributed by atoms with Crippen molar-refractivity contribution in [3.05, 3.63) is 28.0 Å². The van der Waals surface area contributed by atoms with Crippen molar-refractivity contribution in [2.45, 2.75) is 51.7 Å². The molecule has 0 saturated carbocycles. The lowest BCUT2D eigenvalue weighted by Crippen LogP contribution is -2.43. The Morgan fingerprint density at radius 3 is 2.47 bits per heavy atom. The zero-order valence-corrected chi connectivity index (χ0v) is 11.8. The first-order valence-corrected chi connectivity index (χ1v) is 6.90. The molecule has 1 aliphatic rings. The molecule has 1 aliphatic heterocycles. The molecule has 2 heterocycles. The summed E-state index contributed by atoms with van der Waals surface area (Å²) >= 11 is 11.9. The number of nitrogens with zero attached hydrogens (tertiary/aromatic N) is 2. The fraction of sp³-hybridized carbons (Fsp3) is 0.615. The highest BCUT2D eigenvalue weighted by atomic mass is 35.5. The molecule has 0 unspecified atom stereocenters. The van der Waals surface area contributed by atoms with E-state index in [-0.39, 0.29) is 0 Å². The van der Waals surface area contributed by atoms with Crippen LogP contribution in [0.15, 0.2) is 12.1 Å². The predicted molar refractivity (Wildman–Crippen MR) is 72.6 cm³/mol. The van der Waals surface area contributed by atoms with Crippen LogP contribution in [0.5, 0.6) is 0 Å². The van der Waals surface area contributed by atoms with Crippen molar-refractivity contribution in [2.24, 2.45) is 0 Å². The number of pyridine rings is 1. The van der Waals surface area contributed by atoms with Gasteiger partial charge in [0.15, 0.2) is 0 Å². The molecular weight excluding hydrogens is 255 g/mol. The van der Waals surface area contributed by atoms with E-state index in [9.17, 15) is 0 Å². The van der Waals surface area contributed by atoms with Crippen molar-refractivity contribution in [1.29, 1.82) is 0 Å². The molecule has 94 valence electrons. The van der Waals surface area contributed by atoms with Gasteiger partial charge in [-0.25, -0.2) is 4.98 Å². The van der Waals surface area contributed by atoms with Crippen LogP contribution < -0.4 is 0 Å². The minimum atomic E-state index is 0.457. The highest BCUT2D eigenvalue weighted by Gasteiger charge is 2.25. The second kappa shape index (κ2) is 5.55. The Kier molecular flexibility index (Phi) is 4.29. The lowest BCUT2D eigenvalue weighted by molar-refractivity contribution is 0.0952. The van der Waals surface area contributed by atoms with Crippen LogP contribution in [0.4, 0.5) is 0 Å². The molecule has 0 N–H and O–H groups in total. The lowest BCUT2D eigenvalue weighted by atomic mass is 9.97. The average Bonchev–Trinajstić information content (AvgIpc) is 2.26. The van der Waals surface area contributed by atoms with Crippen molar-refractivity contribution < 1.29 is 0 Å². The summed E-state index contributed by atoms with van der Waals surface area (Å²) in [5, 5.41) is 0.987. The Morgan fingerprint density at radius 2 is 1.88 bits per heavy atom. The zero-order chi connectivity index (χ0) is 12.4. The van der Waals surface area contributed by atoms with Crippen LogP contribution in [0.3, 0.4) is 0 Å². The van der Waals surface area contributed by atoms with Crippen LogP contribution in [0.1, 0.15) is 38.7 Å². The Labute approximate surface area is 113 Å². The highest BCUT2D eigenvalue weighted by Crippen LogP contribution is 2.26. The van der Waals surface area contributed by atoms with Crippen LogP contribution in [-0.2, 0) is 6.54 Å². The highest BCUT2D eigenvalue weighted by molar-refractivity contribution is 6.32. The quantitative estimate of drug-likeness (QED) is 0.752. The summed E-state index contributed by atoms with van der Waals surface area (Å²) < 4.78 is 0. The van der Waals surface area contributed by atoms with Crippen LogP contribution in [0, 0.1) is 0 Å². The monoisotopic (exact) mass is 272 g/mol. The fourth-order valence-electron chi connectivity index (χ4n) is 2.54. The van der Waals surface area contributed by atoms with Gasteiger partial charge in [-0.1, -0.05) is 35.7 Å². The molecule has 0 aromatic carbocycles. The van der Waals surface area contributed by atoms with Crippen LogP contribution >= 0.6 is 23.2 Å². The van der Waals surface area contributed by atoms with Crippen molar-refractivity contribution in [1.82, 2.24) is 9.88 Å². The Bertz CT molecular complexity index is 385. The molecular formula is C13H18Cl2N2. The molecule has 1 fully saturated rings. The predicted octanol–water partition coefficient (Wildman–Crippen LogP) is 4.15. The lowest BCUT2D eigenvalue weighted by Gasteiger charge is -2.39. The van der Waals surface area contributed by atoms with E-state index in [4.69, 9.17) is 23.2 Å². The van der Waals surface area contributed by atoms with E-state index in [1.54, 1.807) is 0 Å². The first-order chi connectivity index (χ1) is 8.08. The summed E-state index contributed by atoms with van der Waals surface area (Å²) in [7, 11) is 0. The van der Waals surface area contributed by atoms with E-state index in [1.807, 2.05) is 12.1 Å². The molecule has 0 aliphatic carbocycles. The van der Waals surface area contributed by atoms with E-state index in [0.717, 1.165) is 12.1 Å². The number of aromatic nitrogens is 1. The maximum Gasteiger partial charge on any atom is 0.135 e. The molecule has 2 atom stereocenters. The Balaban J connectivity index is 2.13. The number of likely N-dealkylation sites (tertiary alicyclic amines) is 1. The van der Waals surface area contributed by atoms with E-state index >= 15 is 0 Å². The van der Waals surface area contributed by atoms with Gasteiger partial charge >= 0.3 is 0 Å². The molecule has 4 heteroatoms. The van der Waals surface area contributed by atoms with E-state index < -0.39 is 0 Å². The minimum Gasteiger partial charge on any atom is -0.294 e. The molecule has 1 aromatic heterocycles. The second-order valence-corrected chi connectivity index (χ2v) is 5.63. The number of rotatable bonds is 2. The van der Waals surface area contributed by atoms with E-state index in [2.05, 4.69) is 23.7 Å². The number of hydrogen-bond donors (Lipinski definition) is 0. The van der Waals surface area contributed by atoms with Gasteiger partial charge < -0.3 is 0 Å². The maximum atomic E-state index is 6.12. The van der Waals surface area contributed by atoms with Gasteiger partial charge in [0.25, 0.3) is 0 Å². The van der Waals surface area contributed by atoms with Gasteiger partial charge in [0, 0.05) is 24.2 Å². The van der Waals surface area contributed by atoms with E-state index in [1.165, 1.54) is 19.3 Å². The fourth-order valence-corrected chi connectivity index (χ4v) is 2.95. The van der Waals surface area contributed by atoms with Gasteiger partial charge in [0.2, 0.25) is 0 Å². The first kappa shape index (κ1) is 13.1. The largest absolute Gasteiger partial charge is 0.294 e. The number of piperidine rings is 1. The molecule has 2 nitrogen and oxygen atoms in total. The summed E-state index contributed by atoms with van der Waals surface area (Å²) in [4.78, 5) is 6.59. The molecule has 0 spiro atoms. The van der Waals surface area contributed by atoms with E-state index in [0.29, 0.717) is 22.4 Å². The molecule has 17 heavy (non-hydrogen) atoms. The van der Waals surface area contributed by atoms with Crippen LogP contribution in [0.2, 0.25) is 10.3 Å². The zero-order valence-electron chi connectivity index (χ0n) is 10.3. The molecule has 0 bridgehead atoms. The minimum absolute atomic E-state index is 0.457. The van der Waals surface area contributed by atoms with Gasteiger partial charge in [-0.3, -0.25) is 4.90 Å². The van der Waals surface area contributed by atoms with Gasteiger partial charge in [-0.05, 0) is 32.8 Å². The van der Waals surface area contributed by atoms with Crippen molar-refractivity contribution >= 4 is 23.2 Å². The van der Waals surface area contributed by atoms with Gasteiger partial charge in [-0.15, -0.1) is 0 Å². The topological polar surface area (TPSA) is 16.1 Å². The third kappa shape index (κ3) is 3.12. The summed E-state index contributed by atoms with van der Waals surface area (Å²) in [6, 6.07) is 5.02. The smallest absolute Gasteiger partial charge is 0.135 e. The molecule has 0 radical (unpaired) electrons. The Hall–Kier alpha value is -0.310. The SMILES string of the molecule is C[C@@H]1CCC[C@H](C)N1Cc1ccc(Cl)nc1Cl. The summed E-state index contributed by atoms with van der Waals surface area (Å²) in [5.41, 5.74) is 1.07. The van der Waals surface area contributed by atoms with Gasteiger partial charge in [-0.2, -0.15) is 0 Å². The third-order valence-electron chi connectivity index (χ3n) is 3.62. The normalized spacial score (nSPS) is 26.1. The van der Waals surface area contributed by atoms with Crippen LogP contribution in [0.25, 0.3) is 0 Å². The van der Waals surface area contributed by atoms with Crippen LogP contribution in [-0.4, -0.2) is 22.0 Å². The molecule has 0 amide bonds. The third-order valence-corrected chi connectivity index (χ3v) is 4.16. The summed E-state index contributed by atoms with van der Waals surface area (Å²) in [6.07, 6.45) is 3.86. The molecule has 1 saturated heterocycles. The van der Waals surface area contributed by atoms with Gasteiger partial charge in [0.05, 0.1) is 0 Å². The average molecular weight is 273 g/mol. The number of halogens is 2. The summed E-state index contributed by atoms with van der Waals surface area (Å²) in [6.45, 7) is 5.44. The van der Waals surface area contributed by atoms with Crippen molar-refractivity contribution in [2.75, 3.05) is 0 Å².